The number of sulfonamides is 1. The molecule has 0 atom stereocenters. The van der Waals surface area contributed by atoms with Crippen LogP contribution in [0.3, 0.4) is 0 Å². The van der Waals surface area contributed by atoms with Crippen LogP contribution >= 0.6 is 0 Å². The van der Waals surface area contributed by atoms with E-state index < -0.39 is 10.0 Å². The van der Waals surface area contributed by atoms with Crippen LogP contribution in [0.15, 0.2) is 4.99 Å². The molecular weight excluding hydrogens is 318 g/mol. The standard InChI is InChI=1S/C14H33N5O3S/c1-5-23(20,21)18-9-6-8-16-14(15-2)17-10-12-19(3)11-7-13-22-4/h18H,5-13H2,1-4H3,(H2,15,16,17). The van der Waals surface area contributed by atoms with E-state index >= 15 is 0 Å². The van der Waals surface area contributed by atoms with Gasteiger partial charge in [-0.05, 0) is 26.8 Å². The van der Waals surface area contributed by atoms with E-state index in [1.165, 1.54) is 0 Å². The summed E-state index contributed by atoms with van der Waals surface area (Å²) in [6.07, 6.45) is 1.73. The summed E-state index contributed by atoms with van der Waals surface area (Å²) in [4.78, 5) is 6.38. The van der Waals surface area contributed by atoms with E-state index in [0.717, 1.165) is 38.6 Å². The van der Waals surface area contributed by atoms with E-state index in [1.54, 1.807) is 21.1 Å². The van der Waals surface area contributed by atoms with Crippen LogP contribution in [0.2, 0.25) is 0 Å². The Balaban J connectivity index is 3.71. The molecule has 0 aromatic carbocycles. The Morgan fingerprint density at radius 3 is 2.43 bits per heavy atom. The van der Waals surface area contributed by atoms with E-state index in [1.807, 2.05) is 0 Å². The molecule has 0 radical (unpaired) electrons. The van der Waals surface area contributed by atoms with Gasteiger partial charge >= 0.3 is 0 Å². The van der Waals surface area contributed by atoms with E-state index in [4.69, 9.17) is 4.74 Å². The highest BCUT2D eigenvalue weighted by atomic mass is 32.2. The van der Waals surface area contributed by atoms with Gasteiger partial charge in [-0.3, -0.25) is 4.99 Å². The van der Waals surface area contributed by atoms with Gasteiger partial charge < -0.3 is 20.3 Å². The van der Waals surface area contributed by atoms with Crippen LogP contribution < -0.4 is 15.4 Å². The second kappa shape index (κ2) is 13.5. The molecule has 9 heteroatoms. The Hall–Kier alpha value is -0.900. The summed E-state index contributed by atoms with van der Waals surface area (Å²) < 4.78 is 30.1. The third-order valence-corrected chi connectivity index (χ3v) is 4.65. The van der Waals surface area contributed by atoms with Crippen LogP contribution in [0, 0.1) is 0 Å². The number of likely N-dealkylation sites (N-methyl/N-ethyl adjacent to an activating group) is 1. The number of nitrogens with one attached hydrogen (secondary N) is 3. The summed E-state index contributed by atoms with van der Waals surface area (Å²) in [7, 11) is 2.41. The minimum absolute atomic E-state index is 0.113. The number of aliphatic imine (C=N–C) groups is 1. The number of guanidine groups is 1. The van der Waals surface area contributed by atoms with Gasteiger partial charge in [0, 0.05) is 53.5 Å². The molecule has 3 N–H and O–H groups in total. The van der Waals surface area contributed by atoms with Gasteiger partial charge in [0.05, 0.1) is 5.75 Å². The molecule has 0 fully saturated rings. The zero-order chi connectivity index (χ0) is 17.6. The maximum Gasteiger partial charge on any atom is 0.211 e. The Morgan fingerprint density at radius 2 is 1.83 bits per heavy atom. The zero-order valence-corrected chi connectivity index (χ0v) is 15.7. The van der Waals surface area contributed by atoms with E-state index in [2.05, 4.69) is 32.3 Å². The Kier molecular flexibility index (Phi) is 13.0. The summed E-state index contributed by atoms with van der Waals surface area (Å²) in [6.45, 7) is 6.21. The molecule has 0 aliphatic heterocycles. The third-order valence-electron chi connectivity index (χ3n) is 3.25. The molecule has 8 nitrogen and oxygen atoms in total. The van der Waals surface area contributed by atoms with Crippen molar-refractivity contribution in [2.45, 2.75) is 19.8 Å². The first kappa shape index (κ1) is 22.1. The highest BCUT2D eigenvalue weighted by Crippen LogP contribution is 1.87. The lowest BCUT2D eigenvalue weighted by molar-refractivity contribution is 0.180. The summed E-state index contributed by atoms with van der Waals surface area (Å²) in [6, 6.07) is 0. The number of rotatable bonds is 13. The average Bonchev–Trinajstić information content (AvgIpc) is 2.53. The Labute approximate surface area is 141 Å². The molecule has 0 aromatic rings. The van der Waals surface area contributed by atoms with Crippen molar-refractivity contribution in [3.8, 4) is 0 Å². The van der Waals surface area contributed by atoms with Crippen LogP contribution in [0.25, 0.3) is 0 Å². The molecule has 0 unspecified atom stereocenters. The summed E-state index contributed by atoms with van der Waals surface area (Å²) in [5.74, 6) is 0.843. The second-order valence-corrected chi connectivity index (χ2v) is 7.32. The van der Waals surface area contributed by atoms with Crippen molar-refractivity contribution in [1.82, 2.24) is 20.3 Å². The Bertz CT molecular complexity index is 415. The van der Waals surface area contributed by atoms with E-state index in [0.29, 0.717) is 19.5 Å². The quantitative estimate of drug-likeness (QED) is 0.234. The molecule has 0 saturated heterocycles. The first-order valence-corrected chi connectivity index (χ1v) is 9.69. The molecule has 0 aromatic heterocycles. The zero-order valence-electron chi connectivity index (χ0n) is 14.9. The lowest BCUT2D eigenvalue weighted by Gasteiger charge is -2.18. The van der Waals surface area contributed by atoms with Crippen LogP contribution in [-0.4, -0.2) is 85.6 Å². The minimum atomic E-state index is -3.10. The second-order valence-electron chi connectivity index (χ2n) is 5.23. The van der Waals surface area contributed by atoms with Crippen LogP contribution in [0.1, 0.15) is 19.8 Å². The molecule has 0 saturated carbocycles. The van der Waals surface area contributed by atoms with Crippen molar-refractivity contribution in [1.29, 1.82) is 0 Å². The van der Waals surface area contributed by atoms with Crippen LogP contribution in [0.4, 0.5) is 0 Å². The third kappa shape index (κ3) is 13.3. The van der Waals surface area contributed by atoms with Crippen LogP contribution in [0.5, 0.6) is 0 Å². The fourth-order valence-corrected chi connectivity index (χ4v) is 2.46. The first-order valence-electron chi connectivity index (χ1n) is 8.04. The van der Waals surface area contributed by atoms with Crippen molar-refractivity contribution in [2.24, 2.45) is 4.99 Å². The first-order chi connectivity index (χ1) is 10.9. The lowest BCUT2D eigenvalue weighted by atomic mass is 10.4. The van der Waals surface area contributed by atoms with Crippen molar-refractivity contribution < 1.29 is 13.2 Å². The Morgan fingerprint density at radius 1 is 1.13 bits per heavy atom. The van der Waals surface area contributed by atoms with Crippen molar-refractivity contribution in [3.63, 3.8) is 0 Å². The summed E-state index contributed by atoms with van der Waals surface area (Å²) in [5.41, 5.74) is 0. The number of nitrogens with zero attached hydrogens (tertiary/aromatic N) is 2. The number of hydrogen-bond acceptors (Lipinski definition) is 5. The highest BCUT2D eigenvalue weighted by molar-refractivity contribution is 7.89. The molecule has 0 spiro atoms. The maximum absolute atomic E-state index is 11.3. The van der Waals surface area contributed by atoms with Crippen molar-refractivity contribution in [2.75, 3.05) is 66.3 Å². The molecule has 0 aliphatic carbocycles. The number of methoxy groups -OCH3 is 1. The number of ether oxygens (including phenoxy) is 1. The van der Waals surface area contributed by atoms with Gasteiger partial charge in [0.1, 0.15) is 0 Å². The predicted molar refractivity (Wildman–Crippen MR) is 95.4 cm³/mol. The van der Waals surface area contributed by atoms with Gasteiger partial charge in [-0.2, -0.15) is 0 Å². The van der Waals surface area contributed by atoms with Gasteiger partial charge in [-0.1, -0.05) is 0 Å². The van der Waals surface area contributed by atoms with Crippen LogP contribution in [-0.2, 0) is 14.8 Å². The fourth-order valence-electron chi connectivity index (χ4n) is 1.80. The van der Waals surface area contributed by atoms with Crippen molar-refractivity contribution >= 4 is 16.0 Å². The van der Waals surface area contributed by atoms with Gasteiger partial charge in [-0.25, -0.2) is 13.1 Å². The van der Waals surface area contributed by atoms with E-state index in [9.17, 15) is 8.42 Å². The topological polar surface area (TPSA) is 95.1 Å². The molecule has 138 valence electrons. The smallest absolute Gasteiger partial charge is 0.211 e. The van der Waals surface area contributed by atoms with Gasteiger partial charge in [0.25, 0.3) is 0 Å². The molecule has 0 rings (SSSR count). The van der Waals surface area contributed by atoms with Crippen molar-refractivity contribution in [3.05, 3.63) is 0 Å². The largest absolute Gasteiger partial charge is 0.385 e. The fraction of sp³-hybridized carbons (Fsp3) is 0.929. The average molecular weight is 352 g/mol. The van der Waals surface area contributed by atoms with Gasteiger partial charge in [0.15, 0.2) is 5.96 Å². The SMILES string of the molecule is CCS(=O)(=O)NCCCNC(=NC)NCCN(C)CCCOC. The number of hydrogen-bond donors (Lipinski definition) is 3. The monoisotopic (exact) mass is 351 g/mol. The minimum Gasteiger partial charge on any atom is -0.385 e. The van der Waals surface area contributed by atoms with Gasteiger partial charge in [-0.15, -0.1) is 0 Å². The predicted octanol–water partition coefficient (Wildman–Crippen LogP) is -0.551. The molecule has 23 heavy (non-hydrogen) atoms. The highest BCUT2D eigenvalue weighted by Gasteiger charge is 2.04. The summed E-state index contributed by atoms with van der Waals surface area (Å²) in [5, 5.41) is 6.40. The maximum atomic E-state index is 11.3. The molecule has 0 aliphatic rings. The lowest BCUT2D eigenvalue weighted by Crippen LogP contribution is -2.42. The van der Waals surface area contributed by atoms with Gasteiger partial charge in [0.2, 0.25) is 10.0 Å². The summed E-state index contributed by atoms with van der Waals surface area (Å²) >= 11 is 0. The normalized spacial score (nSPS) is 12.7. The molecule has 0 bridgehead atoms. The molecular formula is C14H33N5O3S. The van der Waals surface area contributed by atoms with E-state index in [-0.39, 0.29) is 5.75 Å². The molecule has 0 amide bonds. The molecule has 0 heterocycles.